The van der Waals surface area contributed by atoms with Crippen molar-refractivity contribution in [3.63, 3.8) is 0 Å². The first-order chi connectivity index (χ1) is 11.0. The zero-order valence-electron chi connectivity index (χ0n) is 13.1. The van der Waals surface area contributed by atoms with Gasteiger partial charge in [-0.25, -0.2) is 8.57 Å². The summed E-state index contributed by atoms with van der Waals surface area (Å²) in [6, 6.07) is 6.80. The van der Waals surface area contributed by atoms with E-state index in [-0.39, 0.29) is 16.2 Å². The minimum Gasteiger partial charge on any atom is -0.371 e. The van der Waals surface area contributed by atoms with Crippen LogP contribution >= 0.6 is 0 Å². The molecule has 0 saturated carbocycles. The molecule has 2 aliphatic rings. The number of nitro groups is 1. The van der Waals surface area contributed by atoms with Gasteiger partial charge in [0.05, 0.1) is 17.1 Å². The van der Waals surface area contributed by atoms with Crippen LogP contribution in [0.15, 0.2) is 28.6 Å². The molecule has 8 heteroatoms. The molecule has 0 bridgehead atoms. The molecule has 2 aliphatic heterocycles. The molecular formula is C15H21N3O4S. The zero-order chi connectivity index (χ0) is 16.5. The molecule has 0 aliphatic carbocycles. The number of nitro benzene ring substituents is 1. The molecule has 0 N–H and O–H groups in total. The lowest BCUT2D eigenvalue weighted by Crippen LogP contribution is -2.55. The number of ether oxygens (including phenoxy) is 1. The van der Waals surface area contributed by atoms with Crippen molar-refractivity contribution in [3.8, 4) is 0 Å². The van der Waals surface area contributed by atoms with Crippen LogP contribution in [0.3, 0.4) is 0 Å². The average Bonchev–Trinajstić information content (AvgIpc) is 2.58. The Hall–Kier alpha value is -1.67. The van der Waals surface area contributed by atoms with Crippen molar-refractivity contribution in [3.05, 3.63) is 34.4 Å². The highest BCUT2D eigenvalue weighted by atomic mass is 32.2. The second kappa shape index (κ2) is 6.09. The average molecular weight is 339 g/mol. The molecule has 1 aromatic carbocycles. The van der Waals surface area contributed by atoms with E-state index in [9.17, 15) is 14.3 Å². The van der Waals surface area contributed by atoms with Crippen LogP contribution < -0.4 is 4.90 Å². The van der Waals surface area contributed by atoms with E-state index >= 15 is 0 Å². The molecule has 0 atom stereocenters. The highest BCUT2D eigenvalue weighted by Crippen LogP contribution is 2.36. The summed E-state index contributed by atoms with van der Waals surface area (Å²) in [6.07, 6.45) is 1.36. The Labute approximate surface area is 136 Å². The van der Waals surface area contributed by atoms with Crippen molar-refractivity contribution in [1.82, 2.24) is 0 Å². The van der Waals surface area contributed by atoms with Gasteiger partial charge in [0, 0.05) is 47.4 Å². The molecular weight excluding hydrogens is 318 g/mol. The van der Waals surface area contributed by atoms with Crippen LogP contribution in [0.1, 0.15) is 12.8 Å². The summed E-state index contributed by atoms with van der Waals surface area (Å²) in [5.41, 5.74) is 0.382. The first-order valence-corrected chi connectivity index (χ1v) is 9.55. The smallest absolute Gasteiger partial charge is 0.292 e. The quantitative estimate of drug-likeness (QED) is 0.608. The molecule has 0 amide bonds. The van der Waals surface area contributed by atoms with Crippen LogP contribution in [0.4, 0.5) is 11.4 Å². The van der Waals surface area contributed by atoms with E-state index in [0.717, 1.165) is 0 Å². The lowest BCUT2D eigenvalue weighted by atomic mass is 9.94. The van der Waals surface area contributed by atoms with Crippen LogP contribution in [-0.4, -0.2) is 53.0 Å². The van der Waals surface area contributed by atoms with Gasteiger partial charge < -0.3 is 9.64 Å². The molecule has 2 fully saturated rings. The van der Waals surface area contributed by atoms with E-state index in [1.54, 1.807) is 19.2 Å². The molecule has 0 radical (unpaired) electrons. The largest absolute Gasteiger partial charge is 0.371 e. The molecule has 23 heavy (non-hydrogen) atoms. The third kappa shape index (κ3) is 3.18. The van der Waals surface area contributed by atoms with Gasteiger partial charge >= 0.3 is 0 Å². The molecule has 0 aromatic heterocycles. The van der Waals surface area contributed by atoms with E-state index < -0.39 is 9.73 Å². The van der Waals surface area contributed by atoms with Crippen molar-refractivity contribution in [1.29, 1.82) is 0 Å². The number of hydrogen-bond acceptors (Lipinski definition) is 6. The van der Waals surface area contributed by atoms with Gasteiger partial charge in [0.25, 0.3) is 5.69 Å². The van der Waals surface area contributed by atoms with Gasteiger partial charge in [-0.05, 0) is 18.9 Å². The summed E-state index contributed by atoms with van der Waals surface area (Å²) in [5.74, 6) is 1.07. The number of morpholine rings is 1. The first-order valence-electron chi connectivity index (χ1n) is 7.70. The predicted octanol–water partition coefficient (Wildman–Crippen LogP) is 2.06. The number of anilines is 1. The summed E-state index contributed by atoms with van der Waals surface area (Å²) in [5, 5.41) is 11.3. The molecule has 0 unspecified atom stereocenters. The number of para-hydroxylation sites is 2. The van der Waals surface area contributed by atoms with Crippen molar-refractivity contribution in [2.45, 2.75) is 18.4 Å². The third-order valence-corrected chi connectivity index (χ3v) is 7.10. The van der Waals surface area contributed by atoms with Gasteiger partial charge in [0.1, 0.15) is 5.69 Å². The summed E-state index contributed by atoms with van der Waals surface area (Å²) in [6.45, 7) is 1.74. The minimum absolute atomic E-state index is 0.118. The van der Waals surface area contributed by atoms with Gasteiger partial charge in [-0.1, -0.05) is 12.1 Å². The van der Waals surface area contributed by atoms with Crippen LogP contribution in [0.5, 0.6) is 0 Å². The standard InChI is InChI=1S/C15H21N3O4S/c1-16-23(21)10-6-15(7-11-23)12-17(8-9-22-15)13-4-2-3-5-14(13)18(19)20/h2-5H,6-12H2,1H3. The molecule has 7 nitrogen and oxygen atoms in total. The summed E-state index contributed by atoms with van der Waals surface area (Å²) in [7, 11) is -0.476. The molecule has 1 spiro atoms. The van der Waals surface area contributed by atoms with Crippen molar-refractivity contribution in [2.75, 3.05) is 43.1 Å². The normalized spacial score (nSPS) is 31.1. The van der Waals surface area contributed by atoms with Gasteiger partial charge in [0.2, 0.25) is 0 Å². The Morgan fingerprint density at radius 3 is 2.70 bits per heavy atom. The van der Waals surface area contributed by atoms with Crippen molar-refractivity contribution >= 4 is 21.1 Å². The van der Waals surface area contributed by atoms with Gasteiger partial charge in [-0.15, -0.1) is 0 Å². The van der Waals surface area contributed by atoms with E-state index in [4.69, 9.17) is 4.74 Å². The topological polar surface area (TPSA) is 85.0 Å². The fourth-order valence-corrected chi connectivity index (χ4v) is 5.29. The van der Waals surface area contributed by atoms with Gasteiger partial charge in [-0.2, -0.15) is 0 Å². The van der Waals surface area contributed by atoms with Gasteiger partial charge in [0.15, 0.2) is 0 Å². The minimum atomic E-state index is -2.09. The SMILES string of the molecule is CN=S1(=O)CCC2(CC1)CN(c1ccccc1[N+](=O)[O-])CCO2. The van der Waals surface area contributed by atoms with Crippen LogP contribution in [-0.2, 0) is 14.5 Å². The maximum absolute atomic E-state index is 12.4. The lowest BCUT2D eigenvalue weighted by molar-refractivity contribution is -0.384. The van der Waals surface area contributed by atoms with Crippen molar-refractivity contribution in [2.24, 2.45) is 4.36 Å². The Morgan fingerprint density at radius 2 is 2.04 bits per heavy atom. The highest BCUT2D eigenvalue weighted by Gasteiger charge is 2.42. The highest BCUT2D eigenvalue weighted by molar-refractivity contribution is 7.93. The number of nitrogens with zero attached hydrogens (tertiary/aromatic N) is 3. The Bertz CT molecular complexity index is 713. The Balaban J connectivity index is 1.83. The van der Waals surface area contributed by atoms with E-state index in [0.29, 0.717) is 49.7 Å². The van der Waals surface area contributed by atoms with Crippen molar-refractivity contribution < 1.29 is 13.9 Å². The molecule has 3 rings (SSSR count). The third-order valence-electron chi connectivity index (χ3n) is 4.75. The monoisotopic (exact) mass is 339 g/mol. The van der Waals surface area contributed by atoms with Crippen LogP contribution in [0, 0.1) is 10.1 Å². The van der Waals surface area contributed by atoms with Crippen LogP contribution in [0.2, 0.25) is 0 Å². The number of rotatable bonds is 2. The Kier molecular flexibility index (Phi) is 4.29. The van der Waals surface area contributed by atoms with E-state index in [1.807, 2.05) is 11.0 Å². The first kappa shape index (κ1) is 16.2. The molecule has 126 valence electrons. The number of benzene rings is 1. The summed E-state index contributed by atoms with van der Waals surface area (Å²) >= 11 is 0. The van der Waals surface area contributed by atoms with E-state index in [1.165, 1.54) is 6.07 Å². The van der Waals surface area contributed by atoms with E-state index in [2.05, 4.69) is 4.36 Å². The zero-order valence-corrected chi connectivity index (χ0v) is 14.0. The fraction of sp³-hybridized carbons (Fsp3) is 0.600. The summed E-state index contributed by atoms with van der Waals surface area (Å²) < 4.78 is 22.4. The molecule has 2 heterocycles. The fourth-order valence-electron chi connectivity index (χ4n) is 3.34. The summed E-state index contributed by atoms with van der Waals surface area (Å²) in [4.78, 5) is 12.9. The predicted molar refractivity (Wildman–Crippen MR) is 89.5 cm³/mol. The molecule has 2 saturated heterocycles. The number of hydrogen-bond donors (Lipinski definition) is 0. The second-order valence-electron chi connectivity index (χ2n) is 6.06. The maximum atomic E-state index is 12.4. The maximum Gasteiger partial charge on any atom is 0.292 e. The second-order valence-corrected chi connectivity index (χ2v) is 8.79. The molecule has 1 aromatic rings. The Morgan fingerprint density at radius 1 is 1.35 bits per heavy atom. The van der Waals surface area contributed by atoms with Crippen LogP contribution in [0.25, 0.3) is 0 Å². The lowest BCUT2D eigenvalue weighted by Gasteiger charge is -2.45. The van der Waals surface area contributed by atoms with Gasteiger partial charge in [-0.3, -0.25) is 10.1 Å².